The number of carbonyl (C=O) groups excluding carboxylic acids is 1. The Morgan fingerprint density at radius 1 is 1.13 bits per heavy atom. The Morgan fingerprint density at radius 3 is 2.52 bits per heavy atom. The van der Waals surface area contributed by atoms with Crippen molar-refractivity contribution >= 4 is 27.7 Å². The molecule has 1 atom stereocenters. The zero-order valence-electron chi connectivity index (χ0n) is 17.4. The summed E-state index contributed by atoms with van der Waals surface area (Å²) in [5.41, 5.74) is 0.882. The maximum atomic E-state index is 12.9. The van der Waals surface area contributed by atoms with Crippen LogP contribution in [0.25, 0.3) is 0 Å². The number of fused-ring (bicyclic) bond motifs is 1. The van der Waals surface area contributed by atoms with Gasteiger partial charge in [0.15, 0.2) is 11.5 Å². The highest BCUT2D eigenvalue weighted by Gasteiger charge is 2.26. The van der Waals surface area contributed by atoms with E-state index in [1.54, 1.807) is 37.1 Å². The maximum absolute atomic E-state index is 12.9. The van der Waals surface area contributed by atoms with Crippen LogP contribution >= 0.6 is 11.8 Å². The van der Waals surface area contributed by atoms with E-state index in [-0.39, 0.29) is 17.3 Å². The minimum Gasteiger partial charge on any atom is -0.497 e. The number of sulfonamides is 1. The van der Waals surface area contributed by atoms with E-state index in [2.05, 4.69) is 10.0 Å². The minimum atomic E-state index is -3.93. The van der Waals surface area contributed by atoms with Gasteiger partial charge < -0.3 is 19.5 Å². The number of amides is 1. The zero-order chi connectivity index (χ0) is 22.3. The quantitative estimate of drug-likeness (QED) is 0.553. The molecule has 1 amide bonds. The van der Waals surface area contributed by atoms with Crippen molar-refractivity contribution < 1.29 is 27.4 Å². The van der Waals surface area contributed by atoms with Gasteiger partial charge in [-0.15, -0.1) is 0 Å². The Labute approximate surface area is 186 Å². The van der Waals surface area contributed by atoms with Crippen molar-refractivity contribution in [1.29, 1.82) is 0 Å². The van der Waals surface area contributed by atoms with Crippen molar-refractivity contribution in [2.45, 2.75) is 23.9 Å². The summed E-state index contributed by atoms with van der Waals surface area (Å²) in [6.07, 6.45) is 2.26. The van der Waals surface area contributed by atoms with E-state index in [0.717, 1.165) is 11.3 Å². The van der Waals surface area contributed by atoms with Gasteiger partial charge in [0.1, 0.15) is 25.0 Å². The van der Waals surface area contributed by atoms with Crippen LogP contribution in [0.15, 0.2) is 47.4 Å². The predicted molar refractivity (Wildman–Crippen MR) is 119 cm³/mol. The second-order valence-electron chi connectivity index (χ2n) is 6.83. The maximum Gasteiger partial charge on any atom is 0.241 e. The number of hydrogen-bond donors (Lipinski definition) is 2. The number of rotatable bonds is 10. The van der Waals surface area contributed by atoms with E-state index in [4.69, 9.17) is 14.2 Å². The molecule has 168 valence electrons. The SMILES string of the molecule is COc1ccc(CNC(=O)C(CCSC)NS(=O)(=O)c2ccc3c(c2)OCCO3)cc1. The van der Waals surface area contributed by atoms with E-state index in [1.807, 2.05) is 18.4 Å². The van der Waals surface area contributed by atoms with Crippen LogP contribution < -0.4 is 24.2 Å². The summed E-state index contributed by atoms with van der Waals surface area (Å²) in [5.74, 6) is 1.84. The minimum absolute atomic E-state index is 0.0221. The molecule has 0 aromatic heterocycles. The monoisotopic (exact) mass is 466 g/mol. The molecule has 1 heterocycles. The van der Waals surface area contributed by atoms with Crippen LogP contribution in [0.2, 0.25) is 0 Å². The van der Waals surface area contributed by atoms with Crippen molar-refractivity contribution in [3.05, 3.63) is 48.0 Å². The van der Waals surface area contributed by atoms with Gasteiger partial charge in [-0.25, -0.2) is 8.42 Å². The fourth-order valence-corrected chi connectivity index (χ4v) is 4.70. The summed E-state index contributed by atoms with van der Waals surface area (Å²) in [7, 11) is -2.35. The average molecular weight is 467 g/mol. The van der Waals surface area contributed by atoms with Gasteiger partial charge in [0.2, 0.25) is 15.9 Å². The summed E-state index contributed by atoms with van der Waals surface area (Å²) < 4.78 is 44.4. The van der Waals surface area contributed by atoms with E-state index in [9.17, 15) is 13.2 Å². The van der Waals surface area contributed by atoms with Crippen LogP contribution in [0, 0.1) is 0 Å². The molecule has 31 heavy (non-hydrogen) atoms. The molecule has 0 radical (unpaired) electrons. The average Bonchev–Trinajstić information content (AvgIpc) is 2.80. The second kappa shape index (κ2) is 10.7. The number of nitrogens with one attached hydrogen (secondary N) is 2. The summed E-state index contributed by atoms with van der Waals surface area (Å²) >= 11 is 1.54. The van der Waals surface area contributed by atoms with E-state index >= 15 is 0 Å². The van der Waals surface area contributed by atoms with Crippen LogP contribution in [0.3, 0.4) is 0 Å². The molecule has 0 fully saturated rings. The van der Waals surface area contributed by atoms with E-state index in [1.165, 1.54) is 12.1 Å². The third-order valence-corrected chi connectivity index (χ3v) is 6.79. The molecule has 1 aliphatic rings. The van der Waals surface area contributed by atoms with Gasteiger partial charge in [-0.3, -0.25) is 4.79 Å². The molecule has 3 rings (SSSR count). The number of ether oxygens (including phenoxy) is 3. The third kappa shape index (κ3) is 6.28. The van der Waals surface area contributed by atoms with Gasteiger partial charge in [-0.1, -0.05) is 12.1 Å². The molecule has 2 aromatic rings. The smallest absolute Gasteiger partial charge is 0.241 e. The molecule has 0 saturated carbocycles. The molecule has 0 spiro atoms. The lowest BCUT2D eigenvalue weighted by Gasteiger charge is -2.21. The number of benzene rings is 2. The van der Waals surface area contributed by atoms with Crippen molar-refractivity contribution in [2.75, 3.05) is 32.3 Å². The normalized spacial score (nSPS) is 14.0. The molecule has 1 unspecified atom stereocenters. The van der Waals surface area contributed by atoms with Crippen LogP contribution in [-0.4, -0.2) is 52.7 Å². The summed E-state index contributed by atoms with van der Waals surface area (Å²) in [6.45, 7) is 1.06. The first kappa shape index (κ1) is 23.2. The van der Waals surface area contributed by atoms with Crippen molar-refractivity contribution in [3.63, 3.8) is 0 Å². The number of hydrogen-bond acceptors (Lipinski definition) is 7. The van der Waals surface area contributed by atoms with Crippen molar-refractivity contribution in [1.82, 2.24) is 10.0 Å². The predicted octanol–water partition coefficient (Wildman–Crippen LogP) is 2.18. The Hall–Kier alpha value is -2.43. The standard InChI is InChI=1S/C21H26N2O6S2/c1-27-16-5-3-15(4-6-16)14-22-21(24)18(9-12-30-2)23-31(25,26)17-7-8-19-20(13-17)29-11-10-28-19/h3-8,13,18,23H,9-12,14H2,1-2H3,(H,22,24). The van der Waals surface area contributed by atoms with E-state index in [0.29, 0.717) is 36.9 Å². The molecular weight excluding hydrogens is 440 g/mol. The topological polar surface area (TPSA) is 103 Å². The van der Waals surface area contributed by atoms with Gasteiger partial charge in [0, 0.05) is 12.6 Å². The lowest BCUT2D eigenvalue weighted by atomic mass is 10.2. The molecule has 8 nitrogen and oxygen atoms in total. The molecule has 2 N–H and O–H groups in total. The highest BCUT2D eigenvalue weighted by Crippen LogP contribution is 2.32. The fraction of sp³-hybridized carbons (Fsp3) is 0.381. The highest BCUT2D eigenvalue weighted by atomic mass is 32.2. The van der Waals surface area contributed by atoms with Crippen molar-refractivity contribution in [3.8, 4) is 17.2 Å². The molecule has 10 heteroatoms. The number of thioether (sulfide) groups is 1. The van der Waals surface area contributed by atoms with Gasteiger partial charge in [-0.2, -0.15) is 16.5 Å². The third-order valence-electron chi connectivity index (χ3n) is 4.67. The Bertz CT molecular complexity index is 995. The van der Waals surface area contributed by atoms with Crippen LogP contribution in [0.5, 0.6) is 17.2 Å². The first-order valence-electron chi connectivity index (χ1n) is 9.74. The number of carbonyl (C=O) groups is 1. The fourth-order valence-electron chi connectivity index (χ4n) is 2.98. The summed E-state index contributed by atoms with van der Waals surface area (Å²) in [4.78, 5) is 12.8. The van der Waals surface area contributed by atoms with E-state index < -0.39 is 16.1 Å². The summed E-state index contributed by atoms with van der Waals surface area (Å²) in [6, 6.07) is 10.8. The van der Waals surface area contributed by atoms with Crippen LogP contribution in [-0.2, 0) is 21.4 Å². The van der Waals surface area contributed by atoms with Gasteiger partial charge in [-0.05, 0) is 48.3 Å². The van der Waals surface area contributed by atoms with Crippen LogP contribution in [0.4, 0.5) is 0 Å². The Kier molecular flexibility index (Phi) is 8.05. The van der Waals surface area contributed by atoms with Gasteiger partial charge in [0.05, 0.1) is 12.0 Å². The van der Waals surface area contributed by atoms with Gasteiger partial charge >= 0.3 is 0 Å². The molecular formula is C21H26N2O6S2. The second-order valence-corrected chi connectivity index (χ2v) is 9.53. The van der Waals surface area contributed by atoms with Crippen molar-refractivity contribution in [2.24, 2.45) is 0 Å². The molecule has 0 aliphatic carbocycles. The largest absolute Gasteiger partial charge is 0.497 e. The molecule has 2 aromatic carbocycles. The Morgan fingerprint density at radius 2 is 1.84 bits per heavy atom. The lowest BCUT2D eigenvalue weighted by Crippen LogP contribution is -2.46. The molecule has 0 bridgehead atoms. The molecule has 0 saturated heterocycles. The van der Waals surface area contributed by atoms with Crippen LogP contribution in [0.1, 0.15) is 12.0 Å². The lowest BCUT2D eigenvalue weighted by molar-refractivity contribution is -0.122. The Balaban J connectivity index is 1.69. The van der Waals surface area contributed by atoms with Gasteiger partial charge in [0.25, 0.3) is 0 Å². The highest BCUT2D eigenvalue weighted by molar-refractivity contribution is 7.98. The first-order valence-corrected chi connectivity index (χ1v) is 12.6. The first-order chi connectivity index (χ1) is 14.9. The number of methoxy groups -OCH3 is 1. The zero-order valence-corrected chi connectivity index (χ0v) is 19.1. The summed E-state index contributed by atoms with van der Waals surface area (Å²) in [5, 5.41) is 2.81. The molecule has 1 aliphatic heterocycles.